The Morgan fingerprint density at radius 2 is 0.661 bits per heavy atom. The summed E-state index contributed by atoms with van der Waals surface area (Å²) in [4.78, 5) is 0. The molecule has 0 radical (unpaired) electrons. The standard InChI is InChI=1S/C56H32O3/c1-2-14-33(15-3-1)51-37-17-4-6-19-39(37)52(40-20-7-5-18-38(40)51)45-30-29-42(56-54(45)44-22-10-13-25-49(44)59-56)41-28-27-35(53-43-21-9-12-24-48(43)58-55(41)53)34-26-31-50-46(32-34)36-16-8-11-23-47(36)57-50/h1-32H. The lowest BCUT2D eigenvalue weighted by Gasteiger charge is -2.18. The smallest absolute Gasteiger partial charge is 0.144 e. The van der Waals surface area contributed by atoms with Crippen molar-refractivity contribution in [3.63, 3.8) is 0 Å². The highest BCUT2D eigenvalue weighted by Gasteiger charge is 2.25. The summed E-state index contributed by atoms with van der Waals surface area (Å²) in [7, 11) is 0. The number of fused-ring (bicyclic) bond motifs is 11. The first kappa shape index (κ1) is 32.2. The number of hydrogen-bond acceptors (Lipinski definition) is 3. The van der Waals surface area contributed by atoms with E-state index in [0.717, 1.165) is 93.6 Å². The number of para-hydroxylation sites is 3. The zero-order chi connectivity index (χ0) is 38.6. The van der Waals surface area contributed by atoms with E-state index in [1.54, 1.807) is 0 Å². The first-order valence-electron chi connectivity index (χ1n) is 20.1. The fraction of sp³-hybridized carbons (Fsp3) is 0. The second kappa shape index (κ2) is 12.3. The Morgan fingerprint density at radius 1 is 0.237 bits per heavy atom. The first-order valence-corrected chi connectivity index (χ1v) is 20.1. The van der Waals surface area contributed by atoms with Gasteiger partial charge in [-0.3, -0.25) is 0 Å². The normalized spacial score (nSPS) is 12.1. The first-order chi connectivity index (χ1) is 29.3. The lowest BCUT2D eigenvalue weighted by molar-refractivity contribution is 0.665. The lowest BCUT2D eigenvalue weighted by atomic mass is 9.84. The zero-order valence-corrected chi connectivity index (χ0v) is 31.7. The van der Waals surface area contributed by atoms with Crippen LogP contribution in [0.3, 0.4) is 0 Å². The van der Waals surface area contributed by atoms with E-state index < -0.39 is 0 Å². The van der Waals surface area contributed by atoms with Gasteiger partial charge in [-0.15, -0.1) is 0 Å². The highest BCUT2D eigenvalue weighted by molar-refractivity contribution is 6.27. The Hall–Kier alpha value is -7.88. The Labute approximate surface area is 337 Å². The molecule has 0 atom stereocenters. The molecular formula is C56H32O3. The average Bonchev–Trinajstić information content (AvgIpc) is 4.00. The van der Waals surface area contributed by atoms with Crippen molar-refractivity contribution in [2.45, 2.75) is 0 Å². The molecule has 274 valence electrons. The summed E-state index contributed by atoms with van der Waals surface area (Å²) < 4.78 is 20.1. The largest absolute Gasteiger partial charge is 0.456 e. The molecule has 13 rings (SSSR count). The Bertz CT molecular complexity index is 3780. The van der Waals surface area contributed by atoms with E-state index in [1.165, 1.54) is 38.2 Å². The Kier molecular flexibility index (Phi) is 6.72. The van der Waals surface area contributed by atoms with E-state index in [2.05, 4.69) is 176 Å². The van der Waals surface area contributed by atoms with Crippen LogP contribution in [-0.2, 0) is 0 Å². The minimum atomic E-state index is 0.832. The number of rotatable bonds is 4. The number of furan rings is 3. The fourth-order valence-corrected chi connectivity index (χ4v) is 9.76. The molecule has 3 nitrogen and oxygen atoms in total. The predicted octanol–water partition coefficient (Wildman–Crippen LogP) is 16.4. The molecule has 3 heterocycles. The van der Waals surface area contributed by atoms with Crippen LogP contribution in [0.25, 0.3) is 132 Å². The molecule has 0 amide bonds. The molecule has 0 aliphatic heterocycles. The molecule has 10 aromatic carbocycles. The summed E-state index contributed by atoms with van der Waals surface area (Å²) in [5.74, 6) is 0. The monoisotopic (exact) mass is 752 g/mol. The molecule has 0 unspecified atom stereocenters. The Balaban J connectivity index is 1.10. The van der Waals surface area contributed by atoms with Gasteiger partial charge >= 0.3 is 0 Å². The number of benzene rings is 10. The van der Waals surface area contributed by atoms with Crippen LogP contribution >= 0.6 is 0 Å². The van der Waals surface area contributed by atoms with E-state index in [1.807, 2.05) is 18.2 Å². The molecule has 0 spiro atoms. The van der Waals surface area contributed by atoms with Gasteiger partial charge in [0.25, 0.3) is 0 Å². The van der Waals surface area contributed by atoms with Crippen LogP contribution in [-0.4, -0.2) is 0 Å². The molecule has 0 saturated carbocycles. The van der Waals surface area contributed by atoms with Gasteiger partial charge in [0.15, 0.2) is 0 Å². The molecular weight excluding hydrogens is 721 g/mol. The van der Waals surface area contributed by atoms with Gasteiger partial charge in [0.1, 0.15) is 33.5 Å². The molecule has 0 bridgehead atoms. The third-order valence-corrected chi connectivity index (χ3v) is 12.3. The molecule has 13 aromatic rings. The lowest BCUT2D eigenvalue weighted by Crippen LogP contribution is -1.92. The Morgan fingerprint density at radius 3 is 1.25 bits per heavy atom. The minimum absolute atomic E-state index is 0.832. The van der Waals surface area contributed by atoms with Gasteiger partial charge in [0.05, 0.1) is 0 Å². The topological polar surface area (TPSA) is 39.4 Å². The van der Waals surface area contributed by atoms with Crippen molar-refractivity contribution in [3.8, 4) is 44.5 Å². The maximum Gasteiger partial charge on any atom is 0.144 e. The van der Waals surface area contributed by atoms with Gasteiger partial charge in [-0.2, -0.15) is 0 Å². The van der Waals surface area contributed by atoms with Crippen LogP contribution in [0.15, 0.2) is 207 Å². The molecule has 59 heavy (non-hydrogen) atoms. The van der Waals surface area contributed by atoms with Gasteiger partial charge in [0, 0.05) is 43.4 Å². The summed E-state index contributed by atoms with van der Waals surface area (Å²) in [6.07, 6.45) is 0. The highest BCUT2D eigenvalue weighted by atomic mass is 16.3. The van der Waals surface area contributed by atoms with E-state index in [0.29, 0.717) is 0 Å². The zero-order valence-electron chi connectivity index (χ0n) is 31.7. The van der Waals surface area contributed by atoms with Gasteiger partial charge in [-0.1, -0.05) is 152 Å². The van der Waals surface area contributed by atoms with Gasteiger partial charge < -0.3 is 13.3 Å². The SMILES string of the molecule is c1ccc(-c2c3ccccc3c(-c3ccc(-c4ccc(-c5ccc6oc7ccccc7c6c5)c5c4oc4ccccc45)c4oc5ccccc5c34)c3ccccc23)cc1. The van der Waals surface area contributed by atoms with Crippen LogP contribution in [0.2, 0.25) is 0 Å². The maximum atomic E-state index is 6.98. The number of hydrogen-bond donors (Lipinski definition) is 0. The second-order valence-electron chi connectivity index (χ2n) is 15.4. The summed E-state index contributed by atoms with van der Waals surface area (Å²) in [6, 6.07) is 68.9. The molecule has 0 aliphatic carbocycles. The molecule has 3 heteroatoms. The van der Waals surface area contributed by atoms with Crippen molar-refractivity contribution in [2.75, 3.05) is 0 Å². The summed E-state index contributed by atoms with van der Waals surface area (Å²) in [5, 5.41) is 11.4. The van der Waals surface area contributed by atoms with Gasteiger partial charge in [-0.05, 0) is 97.4 Å². The third kappa shape index (κ3) is 4.64. The van der Waals surface area contributed by atoms with Crippen LogP contribution in [0.1, 0.15) is 0 Å². The van der Waals surface area contributed by atoms with Crippen molar-refractivity contribution >= 4 is 87.4 Å². The van der Waals surface area contributed by atoms with Crippen molar-refractivity contribution in [3.05, 3.63) is 194 Å². The van der Waals surface area contributed by atoms with Gasteiger partial charge in [-0.25, -0.2) is 0 Å². The molecule has 0 fully saturated rings. The average molecular weight is 753 g/mol. The maximum absolute atomic E-state index is 6.98. The summed E-state index contributed by atoms with van der Waals surface area (Å²) >= 11 is 0. The van der Waals surface area contributed by atoms with Crippen LogP contribution in [0.4, 0.5) is 0 Å². The van der Waals surface area contributed by atoms with Crippen LogP contribution < -0.4 is 0 Å². The van der Waals surface area contributed by atoms with Crippen molar-refractivity contribution in [1.29, 1.82) is 0 Å². The van der Waals surface area contributed by atoms with Crippen molar-refractivity contribution < 1.29 is 13.3 Å². The third-order valence-electron chi connectivity index (χ3n) is 12.3. The summed E-state index contributed by atoms with van der Waals surface area (Å²) in [5.41, 5.74) is 14.1. The molecule has 3 aromatic heterocycles. The molecule has 0 saturated heterocycles. The quantitative estimate of drug-likeness (QED) is 0.168. The predicted molar refractivity (Wildman–Crippen MR) is 245 cm³/mol. The van der Waals surface area contributed by atoms with Crippen LogP contribution in [0, 0.1) is 0 Å². The van der Waals surface area contributed by atoms with Crippen molar-refractivity contribution in [2.24, 2.45) is 0 Å². The van der Waals surface area contributed by atoms with E-state index in [4.69, 9.17) is 13.3 Å². The van der Waals surface area contributed by atoms with Crippen molar-refractivity contribution in [1.82, 2.24) is 0 Å². The second-order valence-corrected chi connectivity index (χ2v) is 15.4. The fourth-order valence-electron chi connectivity index (χ4n) is 9.76. The minimum Gasteiger partial charge on any atom is -0.456 e. The highest BCUT2D eigenvalue weighted by Crippen LogP contribution is 2.50. The molecule has 0 N–H and O–H groups in total. The van der Waals surface area contributed by atoms with E-state index >= 15 is 0 Å². The van der Waals surface area contributed by atoms with E-state index in [-0.39, 0.29) is 0 Å². The van der Waals surface area contributed by atoms with Gasteiger partial charge in [0.2, 0.25) is 0 Å². The molecule has 0 aliphatic rings. The van der Waals surface area contributed by atoms with E-state index in [9.17, 15) is 0 Å². The van der Waals surface area contributed by atoms with Crippen LogP contribution in [0.5, 0.6) is 0 Å². The summed E-state index contributed by atoms with van der Waals surface area (Å²) in [6.45, 7) is 0.